The van der Waals surface area contributed by atoms with Gasteiger partial charge in [-0.1, -0.05) is 32.0 Å². The second kappa shape index (κ2) is 7.22. The molecule has 0 bridgehead atoms. The maximum atomic E-state index is 12.8. The van der Waals surface area contributed by atoms with Crippen LogP contribution in [0.3, 0.4) is 0 Å². The number of fused-ring (bicyclic) bond motifs is 2. The summed E-state index contributed by atoms with van der Waals surface area (Å²) in [5.74, 6) is 0.843. The molecule has 1 N–H and O–H groups in total. The second-order valence-electron chi connectivity index (χ2n) is 7.26. The summed E-state index contributed by atoms with van der Waals surface area (Å²) in [7, 11) is -3.48. The van der Waals surface area contributed by atoms with Gasteiger partial charge in [0.05, 0.1) is 22.5 Å². The number of para-hydroxylation sites is 1. The summed E-state index contributed by atoms with van der Waals surface area (Å²) >= 11 is 0. The van der Waals surface area contributed by atoms with Crippen LogP contribution in [0.25, 0.3) is 11.0 Å². The van der Waals surface area contributed by atoms with Crippen LogP contribution >= 0.6 is 0 Å². The van der Waals surface area contributed by atoms with Crippen molar-refractivity contribution < 1.29 is 8.42 Å². The second-order valence-corrected chi connectivity index (χ2v) is 9.20. The fourth-order valence-corrected chi connectivity index (χ4v) is 5.51. The van der Waals surface area contributed by atoms with Crippen molar-refractivity contribution in [3.05, 3.63) is 53.9 Å². The van der Waals surface area contributed by atoms with E-state index in [0.29, 0.717) is 30.6 Å². The van der Waals surface area contributed by atoms with Gasteiger partial charge in [0.15, 0.2) is 0 Å². The molecule has 28 heavy (non-hydrogen) atoms. The Kier molecular flexibility index (Phi) is 4.89. The molecule has 4 rings (SSSR count). The molecule has 7 heteroatoms. The number of H-pyrrole nitrogens is 1. The first-order valence-electron chi connectivity index (χ1n) is 9.77. The molecule has 1 aliphatic heterocycles. The zero-order valence-electron chi connectivity index (χ0n) is 16.5. The predicted molar refractivity (Wildman–Crippen MR) is 112 cm³/mol. The van der Waals surface area contributed by atoms with Gasteiger partial charge in [-0.05, 0) is 43.2 Å². The molecule has 2 heterocycles. The van der Waals surface area contributed by atoms with Crippen LogP contribution in [0.4, 0.5) is 5.69 Å². The van der Waals surface area contributed by atoms with E-state index in [-0.39, 0.29) is 0 Å². The van der Waals surface area contributed by atoms with Crippen LogP contribution in [0.2, 0.25) is 0 Å². The number of benzene rings is 2. The molecule has 1 atom stereocenters. The van der Waals surface area contributed by atoms with Gasteiger partial charge >= 0.3 is 0 Å². The number of nitrogens with one attached hydrogen (secondary N) is 1. The van der Waals surface area contributed by atoms with Crippen LogP contribution in [0.5, 0.6) is 0 Å². The monoisotopic (exact) mass is 398 g/mol. The van der Waals surface area contributed by atoms with Crippen LogP contribution in [0.1, 0.15) is 32.2 Å². The average molecular weight is 399 g/mol. The highest BCUT2D eigenvalue weighted by molar-refractivity contribution is 7.89. The van der Waals surface area contributed by atoms with Crippen LogP contribution in [0.15, 0.2) is 47.4 Å². The van der Waals surface area contributed by atoms with E-state index in [1.54, 1.807) is 18.2 Å². The Balaban J connectivity index is 1.64. The lowest BCUT2D eigenvalue weighted by molar-refractivity contribution is 0.445. The third-order valence-corrected chi connectivity index (χ3v) is 7.56. The van der Waals surface area contributed by atoms with E-state index in [0.717, 1.165) is 23.3 Å². The number of hydrogen-bond acceptors (Lipinski definition) is 4. The highest BCUT2D eigenvalue weighted by atomic mass is 32.2. The maximum absolute atomic E-state index is 12.8. The van der Waals surface area contributed by atoms with Crippen LogP contribution in [-0.2, 0) is 23.0 Å². The van der Waals surface area contributed by atoms with Gasteiger partial charge in [0.2, 0.25) is 10.0 Å². The lowest BCUT2D eigenvalue weighted by atomic mass is 10.1. The van der Waals surface area contributed by atoms with Crippen molar-refractivity contribution >= 4 is 26.7 Å². The molecule has 0 spiro atoms. The summed E-state index contributed by atoms with van der Waals surface area (Å²) < 4.78 is 27.0. The fourth-order valence-electron chi connectivity index (χ4n) is 4.02. The lowest BCUT2D eigenvalue weighted by Crippen LogP contribution is -2.30. The molecule has 0 saturated carbocycles. The minimum Gasteiger partial charge on any atom is -0.361 e. The molecule has 0 aliphatic carbocycles. The molecular formula is C21H26N4O2S. The summed E-state index contributed by atoms with van der Waals surface area (Å²) in [6.07, 6.45) is 1.03. The molecule has 0 unspecified atom stereocenters. The van der Waals surface area contributed by atoms with E-state index in [2.05, 4.69) is 46.1 Å². The van der Waals surface area contributed by atoms with Crippen molar-refractivity contribution in [2.45, 2.75) is 44.7 Å². The van der Waals surface area contributed by atoms with Gasteiger partial charge in [-0.2, -0.15) is 4.31 Å². The first-order valence-corrected chi connectivity index (χ1v) is 11.2. The molecule has 148 valence electrons. The Hall–Kier alpha value is -2.38. The molecule has 6 nitrogen and oxygen atoms in total. The van der Waals surface area contributed by atoms with Gasteiger partial charge in [0.25, 0.3) is 0 Å². The summed E-state index contributed by atoms with van der Waals surface area (Å²) in [5, 5.41) is 0. The van der Waals surface area contributed by atoms with Gasteiger partial charge in [-0.15, -0.1) is 0 Å². The highest BCUT2D eigenvalue weighted by Gasteiger charge is 2.26. The fraction of sp³-hybridized carbons (Fsp3) is 0.381. The minimum atomic E-state index is -3.48. The minimum absolute atomic E-state index is 0.304. The Morgan fingerprint density at radius 3 is 2.68 bits per heavy atom. The van der Waals surface area contributed by atoms with Gasteiger partial charge in [0, 0.05) is 24.8 Å². The van der Waals surface area contributed by atoms with Gasteiger partial charge in [0.1, 0.15) is 5.82 Å². The van der Waals surface area contributed by atoms with Gasteiger partial charge in [-0.25, -0.2) is 13.4 Å². The number of aromatic nitrogens is 2. The molecule has 1 aliphatic rings. The number of aromatic amines is 1. The number of anilines is 1. The maximum Gasteiger partial charge on any atom is 0.243 e. The highest BCUT2D eigenvalue weighted by Crippen LogP contribution is 2.33. The van der Waals surface area contributed by atoms with Crippen molar-refractivity contribution in [3.63, 3.8) is 0 Å². The van der Waals surface area contributed by atoms with Crippen molar-refractivity contribution in [2.24, 2.45) is 0 Å². The van der Waals surface area contributed by atoms with Crippen LogP contribution < -0.4 is 4.90 Å². The smallest absolute Gasteiger partial charge is 0.243 e. The van der Waals surface area contributed by atoms with Crippen molar-refractivity contribution in [1.29, 1.82) is 0 Å². The number of nitrogens with zero attached hydrogens (tertiary/aromatic N) is 3. The molecule has 0 saturated heterocycles. The molecule has 0 amide bonds. The molecule has 1 aromatic heterocycles. The van der Waals surface area contributed by atoms with E-state index in [9.17, 15) is 8.42 Å². The van der Waals surface area contributed by atoms with Crippen molar-refractivity contribution in [2.75, 3.05) is 18.0 Å². The zero-order valence-corrected chi connectivity index (χ0v) is 17.3. The quantitative estimate of drug-likeness (QED) is 0.689. The van der Waals surface area contributed by atoms with E-state index in [1.165, 1.54) is 15.6 Å². The Labute approximate surface area is 166 Å². The average Bonchev–Trinajstić information content (AvgIpc) is 3.22. The standard InChI is InChI=1S/C21H26N4O2S/c1-4-24(5-2)28(26,27)17-10-11-18-19(13-17)23-21(22-18)14-25-15(3)12-16-8-6-7-9-20(16)25/h6-11,13,15H,4-5,12,14H2,1-3H3,(H,22,23)/t15-/m0/s1. The van der Waals surface area contributed by atoms with E-state index < -0.39 is 10.0 Å². The summed E-state index contributed by atoms with van der Waals surface area (Å²) in [6, 6.07) is 14.0. The zero-order chi connectivity index (χ0) is 19.9. The summed E-state index contributed by atoms with van der Waals surface area (Å²) in [6.45, 7) is 7.50. The molecule has 0 radical (unpaired) electrons. The van der Waals surface area contributed by atoms with E-state index in [1.807, 2.05) is 13.8 Å². The van der Waals surface area contributed by atoms with Crippen molar-refractivity contribution in [3.8, 4) is 0 Å². The third kappa shape index (κ3) is 3.18. The number of imidazole rings is 1. The van der Waals surface area contributed by atoms with Gasteiger partial charge < -0.3 is 9.88 Å². The Bertz CT molecular complexity index is 1100. The van der Waals surface area contributed by atoms with E-state index in [4.69, 9.17) is 0 Å². The first kappa shape index (κ1) is 19.0. The third-order valence-electron chi connectivity index (χ3n) is 5.51. The normalized spacial score (nSPS) is 16.9. The first-order chi connectivity index (χ1) is 13.4. The van der Waals surface area contributed by atoms with Crippen molar-refractivity contribution in [1.82, 2.24) is 14.3 Å². The molecule has 3 aromatic rings. The lowest BCUT2D eigenvalue weighted by Gasteiger charge is -2.23. The molecule has 2 aromatic carbocycles. The van der Waals surface area contributed by atoms with Gasteiger partial charge in [-0.3, -0.25) is 0 Å². The SMILES string of the molecule is CCN(CC)S(=O)(=O)c1ccc2nc(CN3c4ccccc4C[C@@H]3C)[nH]c2c1. The Morgan fingerprint density at radius 1 is 1.18 bits per heavy atom. The number of hydrogen-bond donors (Lipinski definition) is 1. The van der Waals surface area contributed by atoms with Crippen LogP contribution in [-0.4, -0.2) is 41.8 Å². The molecule has 0 fully saturated rings. The largest absolute Gasteiger partial charge is 0.361 e. The summed E-state index contributed by atoms with van der Waals surface area (Å²) in [4.78, 5) is 10.7. The topological polar surface area (TPSA) is 69.3 Å². The van der Waals surface area contributed by atoms with E-state index >= 15 is 0 Å². The predicted octanol–water partition coefficient (Wildman–Crippen LogP) is 3.54. The molecular weight excluding hydrogens is 372 g/mol. The number of rotatable bonds is 6. The number of sulfonamides is 1. The Morgan fingerprint density at radius 2 is 1.93 bits per heavy atom. The summed E-state index contributed by atoms with van der Waals surface area (Å²) in [5.41, 5.74) is 4.15. The van der Waals surface area contributed by atoms with Crippen LogP contribution in [0, 0.1) is 0 Å².